The van der Waals surface area contributed by atoms with E-state index in [1.807, 2.05) is 0 Å². The lowest BCUT2D eigenvalue weighted by Crippen LogP contribution is -2.17. The highest BCUT2D eigenvalue weighted by Gasteiger charge is 2.33. The number of rotatable bonds is 4. The molecule has 8 heteroatoms. The number of hydrogen-bond acceptors (Lipinski definition) is 5. The molecule has 0 radical (unpaired) electrons. The quantitative estimate of drug-likeness (QED) is 0.880. The molecule has 2 heterocycles. The molecule has 2 N–H and O–H groups in total. The molecule has 0 saturated carbocycles. The van der Waals surface area contributed by atoms with Crippen LogP contribution in [0.4, 0.5) is 24.9 Å². The van der Waals surface area contributed by atoms with Gasteiger partial charge in [0.05, 0.1) is 6.61 Å². The van der Waals surface area contributed by atoms with Gasteiger partial charge in [-0.15, -0.1) is 0 Å². The maximum Gasteiger partial charge on any atom is 0.433 e. The third-order valence-corrected chi connectivity index (χ3v) is 2.84. The summed E-state index contributed by atoms with van der Waals surface area (Å²) < 4.78 is 43.2. The van der Waals surface area contributed by atoms with Crippen molar-refractivity contribution in [2.24, 2.45) is 5.92 Å². The van der Waals surface area contributed by atoms with E-state index in [1.54, 1.807) is 0 Å². The normalized spacial score (nSPS) is 19.5. The molecule has 0 spiro atoms. The number of alkyl halides is 3. The summed E-state index contributed by atoms with van der Waals surface area (Å²) in [6, 6.07) is 0.913. The minimum atomic E-state index is -4.48. The summed E-state index contributed by atoms with van der Waals surface area (Å²) in [5.74, 6) is 0.418. The minimum absolute atomic E-state index is 0.0556. The molecule has 0 bridgehead atoms. The van der Waals surface area contributed by atoms with Crippen LogP contribution in [0.1, 0.15) is 12.1 Å². The van der Waals surface area contributed by atoms with Gasteiger partial charge in [-0.2, -0.15) is 18.2 Å². The predicted molar refractivity (Wildman–Crippen MR) is 64.0 cm³/mol. The van der Waals surface area contributed by atoms with Gasteiger partial charge in [-0.3, -0.25) is 0 Å². The minimum Gasteiger partial charge on any atom is -0.381 e. The molecule has 1 saturated heterocycles. The topological polar surface area (TPSA) is 59.1 Å². The number of ether oxygens (including phenoxy) is 1. The molecule has 1 fully saturated rings. The van der Waals surface area contributed by atoms with Crippen molar-refractivity contribution in [2.45, 2.75) is 12.6 Å². The van der Waals surface area contributed by atoms with Crippen molar-refractivity contribution in [3.63, 3.8) is 0 Å². The van der Waals surface area contributed by atoms with Gasteiger partial charge in [0.15, 0.2) is 5.69 Å². The Kier molecular flexibility index (Phi) is 4.08. The van der Waals surface area contributed by atoms with E-state index in [0.29, 0.717) is 25.7 Å². The highest BCUT2D eigenvalue weighted by molar-refractivity contribution is 5.42. The zero-order chi connectivity index (χ0) is 13.9. The van der Waals surface area contributed by atoms with E-state index < -0.39 is 11.9 Å². The average molecular weight is 276 g/mol. The van der Waals surface area contributed by atoms with Gasteiger partial charge in [-0.25, -0.2) is 4.98 Å². The molecule has 1 atom stereocenters. The largest absolute Gasteiger partial charge is 0.433 e. The van der Waals surface area contributed by atoms with Gasteiger partial charge in [0.25, 0.3) is 0 Å². The molecule has 0 aliphatic carbocycles. The van der Waals surface area contributed by atoms with E-state index >= 15 is 0 Å². The number of aromatic nitrogens is 2. The van der Waals surface area contributed by atoms with Gasteiger partial charge in [-0.1, -0.05) is 0 Å². The zero-order valence-electron chi connectivity index (χ0n) is 10.4. The highest BCUT2D eigenvalue weighted by Crippen LogP contribution is 2.29. The van der Waals surface area contributed by atoms with Crippen molar-refractivity contribution in [2.75, 3.05) is 37.4 Å². The molecule has 2 rings (SSSR count). The molecular weight excluding hydrogens is 261 g/mol. The predicted octanol–water partition coefficient (Wildman–Crippen LogP) is 1.99. The van der Waals surface area contributed by atoms with Crippen LogP contribution in [0.2, 0.25) is 0 Å². The average Bonchev–Trinajstić information content (AvgIpc) is 2.88. The van der Waals surface area contributed by atoms with Crippen molar-refractivity contribution >= 4 is 11.8 Å². The van der Waals surface area contributed by atoms with Crippen LogP contribution in [-0.2, 0) is 10.9 Å². The number of halogens is 3. The SMILES string of the molecule is CNc1nc(NCC2CCOC2)cc(C(F)(F)F)n1. The Hall–Kier alpha value is -1.57. The van der Waals surface area contributed by atoms with E-state index in [9.17, 15) is 13.2 Å². The highest BCUT2D eigenvalue weighted by atomic mass is 19.4. The van der Waals surface area contributed by atoms with Gasteiger partial charge in [0, 0.05) is 32.2 Å². The Morgan fingerprint density at radius 3 is 2.79 bits per heavy atom. The molecular formula is C11H15F3N4O. The van der Waals surface area contributed by atoms with Crippen molar-refractivity contribution in [3.05, 3.63) is 11.8 Å². The Balaban J connectivity index is 2.10. The maximum absolute atomic E-state index is 12.7. The fourth-order valence-electron chi connectivity index (χ4n) is 1.79. The summed E-state index contributed by atoms with van der Waals surface area (Å²) >= 11 is 0. The Labute approximate surface area is 108 Å². The number of anilines is 2. The summed E-state index contributed by atoms with van der Waals surface area (Å²) in [4.78, 5) is 7.34. The first-order chi connectivity index (χ1) is 8.99. The van der Waals surface area contributed by atoms with Crippen molar-refractivity contribution in [3.8, 4) is 0 Å². The standard InChI is InChI=1S/C11H15F3N4O/c1-15-10-17-8(11(12,13)14)4-9(18-10)16-5-7-2-3-19-6-7/h4,7H,2-3,5-6H2,1H3,(H2,15,16,17,18). The smallest absolute Gasteiger partial charge is 0.381 e. The van der Waals surface area contributed by atoms with Gasteiger partial charge in [0.2, 0.25) is 5.95 Å². The van der Waals surface area contributed by atoms with Gasteiger partial charge < -0.3 is 15.4 Å². The Morgan fingerprint density at radius 2 is 2.21 bits per heavy atom. The maximum atomic E-state index is 12.7. The van der Waals surface area contributed by atoms with E-state index in [4.69, 9.17) is 4.74 Å². The summed E-state index contributed by atoms with van der Waals surface area (Å²) in [5.41, 5.74) is -0.961. The molecule has 1 unspecified atom stereocenters. The Morgan fingerprint density at radius 1 is 1.42 bits per heavy atom. The molecule has 0 amide bonds. The van der Waals surface area contributed by atoms with E-state index in [0.717, 1.165) is 12.5 Å². The lowest BCUT2D eigenvalue weighted by Gasteiger charge is -2.13. The summed E-state index contributed by atoms with van der Waals surface area (Å²) in [7, 11) is 1.48. The monoisotopic (exact) mass is 276 g/mol. The van der Waals surface area contributed by atoms with Crippen LogP contribution < -0.4 is 10.6 Å². The van der Waals surface area contributed by atoms with Gasteiger partial charge >= 0.3 is 6.18 Å². The number of nitrogens with zero attached hydrogens (tertiary/aromatic N) is 2. The molecule has 5 nitrogen and oxygen atoms in total. The van der Waals surface area contributed by atoms with Crippen LogP contribution in [0.25, 0.3) is 0 Å². The molecule has 1 aromatic heterocycles. The summed E-state index contributed by atoms with van der Waals surface area (Å²) in [6.45, 7) is 1.87. The van der Waals surface area contributed by atoms with E-state index in [2.05, 4.69) is 20.6 Å². The molecule has 1 aliphatic rings. The molecule has 0 aromatic carbocycles. The third kappa shape index (κ3) is 3.69. The fourth-order valence-corrected chi connectivity index (χ4v) is 1.79. The van der Waals surface area contributed by atoms with Crippen molar-refractivity contribution < 1.29 is 17.9 Å². The second-order valence-electron chi connectivity index (χ2n) is 4.32. The van der Waals surface area contributed by atoms with Gasteiger partial charge in [0.1, 0.15) is 5.82 Å². The van der Waals surface area contributed by atoms with Crippen LogP contribution in [0, 0.1) is 5.92 Å². The molecule has 106 valence electrons. The first kappa shape index (κ1) is 13.9. The van der Waals surface area contributed by atoms with Crippen LogP contribution in [0.3, 0.4) is 0 Å². The number of hydrogen-bond donors (Lipinski definition) is 2. The molecule has 1 aliphatic heterocycles. The first-order valence-electron chi connectivity index (χ1n) is 5.94. The van der Waals surface area contributed by atoms with Crippen LogP contribution >= 0.6 is 0 Å². The van der Waals surface area contributed by atoms with Crippen LogP contribution in [-0.4, -0.2) is 36.8 Å². The number of nitrogens with one attached hydrogen (secondary N) is 2. The Bertz CT molecular complexity index is 432. The molecule has 19 heavy (non-hydrogen) atoms. The lowest BCUT2D eigenvalue weighted by atomic mass is 10.1. The summed E-state index contributed by atoms with van der Waals surface area (Å²) in [6.07, 6.45) is -3.58. The zero-order valence-corrected chi connectivity index (χ0v) is 10.4. The third-order valence-electron chi connectivity index (χ3n) is 2.84. The van der Waals surface area contributed by atoms with Crippen molar-refractivity contribution in [1.29, 1.82) is 0 Å². The van der Waals surface area contributed by atoms with E-state index in [1.165, 1.54) is 7.05 Å². The van der Waals surface area contributed by atoms with E-state index in [-0.39, 0.29) is 11.8 Å². The van der Waals surface area contributed by atoms with Crippen molar-refractivity contribution in [1.82, 2.24) is 9.97 Å². The summed E-state index contributed by atoms with van der Waals surface area (Å²) in [5, 5.41) is 5.42. The van der Waals surface area contributed by atoms with Crippen LogP contribution in [0.15, 0.2) is 6.07 Å². The lowest BCUT2D eigenvalue weighted by molar-refractivity contribution is -0.141. The van der Waals surface area contributed by atoms with Crippen LogP contribution in [0.5, 0.6) is 0 Å². The fraction of sp³-hybridized carbons (Fsp3) is 0.636. The second kappa shape index (κ2) is 5.60. The molecule has 1 aromatic rings. The second-order valence-corrected chi connectivity index (χ2v) is 4.32. The van der Waals surface area contributed by atoms with Gasteiger partial charge in [-0.05, 0) is 6.42 Å². The first-order valence-corrected chi connectivity index (χ1v) is 5.94.